The number of aliphatic hydroxyl groups excluding tert-OH is 1. The van der Waals surface area contributed by atoms with Gasteiger partial charge in [0, 0.05) is 49.7 Å². The van der Waals surface area contributed by atoms with Gasteiger partial charge in [-0.2, -0.15) is 62.9 Å². The van der Waals surface area contributed by atoms with E-state index in [0.29, 0.717) is 17.9 Å². The Kier molecular flexibility index (Phi) is 14.3. The lowest BCUT2D eigenvalue weighted by Gasteiger charge is -2.33. The normalized spacial score (nSPS) is 19.9. The second kappa shape index (κ2) is 19.1. The number of pyridine rings is 2. The summed E-state index contributed by atoms with van der Waals surface area (Å²) in [5.74, 6) is 0.956. The maximum atomic E-state index is 12.6. The summed E-state index contributed by atoms with van der Waals surface area (Å²) < 4.78 is 149. The van der Waals surface area contributed by atoms with Crippen LogP contribution in [0.5, 0.6) is 0 Å². The molecule has 3 amide bonds. The first-order chi connectivity index (χ1) is 30.8. The standard InChI is InChI=1S/C20H19F6N5O3.C16H19N5O.C3H2F6O/c21-19(22,23)16(20(24,25)26)34-17(33)30-8-4-18(5-9-30)10-13(18)15(32)29-12-2-3-14(27-11-12)31-7-1-6-28-31;22-15(13-10-16(13)4-7-17-8-5-16)20-12-2-3-14(18-11-12)21-9-1-6-19-21;4-2(5,6)1(10)3(7,8)9/h1-3,6-7,11,13,16H,4-5,8-10H2,(H,29,32);1-3,6,9,11,13,17H,4-5,7-8,10H2,(H,20,22);1,10H. The second-order valence-electron chi connectivity index (χ2n) is 16.0. The summed E-state index contributed by atoms with van der Waals surface area (Å²) in [4.78, 5) is 46.3. The molecular weight excluding hydrogens is 916 g/mol. The molecule has 360 valence electrons. The summed E-state index contributed by atoms with van der Waals surface area (Å²) in [6, 6.07) is 10.6. The second-order valence-corrected chi connectivity index (χ2v) is 16.0. The van der Waals surface area contributed by atoms with Crippen molar-refractivity contribution in [2.45, 2.75) is 75.4 Å². The zero-order valence-corrected chi connectivity index (χ0v) is 34.1. The molecule has 4 aromatic heterocycles. The van der Waals surface area contributed by atoms with Crippen LogP contribution in [-0.2, 0) is 14.3 Å². The van der Waals surface area contributed by atoms with Gasteiger partial charge in [-0.3, -0.25) is 9.59 Å². The molecule has 2 aliphatic heterocycles. The summed E-state index contributed by atoms with van der Waals surface area (Å²) in [7, 11) is 0. The summed E-state index contributed by atoms with van der Waals surface area (Å²) in [5, 5.41) is 24.8. The van der Waals surface area contributed by atoms with Crippen LogP contribution in [0.25, 0.3) is 11.6 Å². The summed E-state index contributed by atoms with van der Waals surface area (Å²) in [6.07, 6.45) is -18.6. The Hall–Kier alpha value is -5.99. The monoisotopic (exact) mass is 956 g/mol. The fourth-order valence-electron chi connectivity index (χ4n) is 7.74. The molecule has 0 bridgehead atoms. The first-order valence-corrected chi connectivity index (χ1v) is 20.0. The third-order valence-corrected chi connectivity index (χ3v) is 11.6. The molecule has 4 N–H and O–H groups in total. The highest BCUT2D eigenvalue weighted by molar-refractivity contribution is 5.95. The van der Waals surface area contributed by atoms with Gasteiger partial charge in [-0.15, -0.1) is 0 Å². The van der Waals surface area contributed by atoms with Gasteiger partial charge in [0.05, 0.1) is 23.8 Å². The lowest BCUT2D eigenvalue weighted by atomic mass is 9.91. The van der Waals surface area contributed by atoms with E-state index in [4.69, 9.17) is 5.11 Å². The van der Waals surface area contributed by atoms with E-state index in [1.807, 2.05) is 24.4 Å². The number of ether oxygens (including phenoxy) is 1. The van der Waals surface area contributed by atoms with Gasteiger partial charge in [0.2, 0.25) is 17.9 Å². The van der Waals surface area contributed by atoms with Crippen LogP contribution in [0, 0.1) is 22.7 Å². The summed E-state index contributed by atoms with van der Waals surface area (Å²) >= 11 is 0. The Morgan fingerprint density at radius 3 is 1.42 bits per heavy atom. The molecule has 2 unspecified atom stereocenters. The predicted molar refractivity (Wildman–Crippen MR) is 204 cm³/mol. The molecule has 4 aliphatic rings. The Morgan fingerprint density at radius 2 is 1.09 bits per heavy atom. The molecule has 8 rings (SSSR count). The maximum Gasteiger partial charge on any atom is 0.434 e. The van der Waals surface area contributed by atoms with E-state index in [2.05, 4.69) is 40.9 Å². The average molecular weight is 957 g/mol. The van der Waals surface area contributed by atoms with Crippen molar-refractivity contribution in [3.05, 3.63) is 73.6 Å². The molecule has 27 heteroatoms. The number of alkyl halides is 12. The first kappa shape index (κ1) is 49.4. The number of aliphatic hydroxyl groups is 1. The van der Waals surface area contributed by atoms with Gasteiger partial charge in [0.1, 0.15) is 0 Å². The van der Waals surface area contributed by atoms with Crippen LogP contribution in [0.3, 0.4) is 0 Å². The molecular formula is C39H40F12N10O5. The van der Waals surface area contributed by atoms with Crippen LogP contribution in [0.4, 0.5) is 68.9 Å². The van der Waals surface area contributed by atoms with Crippen molar-refractivity contribution in [2.24, 2.45) is 22.7 Å². The molecule has 15 nitrogen and oxygen atoms in total. The van der Waals surface area contributed by atoms with Gasteiger partial charge in [0.25, 0.3) is 6.10 Å². The predicted octanol–water partition coefficient (Wildman–Crippen LogP) is 7.01. The molecule has 66 heavy (non-hydrogen) atoms. The fraction of sp³-hybridized carbons (Fsp3) is 0.513. The van der Waals surface area contributed by atoms with Gasteiger partial charge in [-0.05, 0) is 98.8 Å². The van der Waals surface area contributed by atoms with E-state index >= 15 is 0 Å². The molecule has 0 radical (unpaired) electrons. The SMILES string of the molecule is O=C(Nc1ccc(-n2cccn2)nc1)C1CC12CCN(C(=O)OC(C(F)(F)F)C(F)(F)F)CC2.O=C(Nc1ccc(-n2cccn2)nc1)C1CC12CCNCC2.OC(C(F)(F)F)C(F)(F)F. The average Bonchev–Trinajstić information content (AvgIpc) is 3.84. The fourth-order valence-corrected chi connectivity index (χ4v) is 7.74. The van der Waals surface area contributed by atoms with E-state index < -0.39 is 48.4 Å². The zero-order chi connectivity index (χ0) is 48.3. The van der Waals surface area contributed by atoms with Crippen LogP contribution in [-0.4, -0.2) is 121 Å². The highest BCUT2D eigenvalue weighted by atomic mass is 19.4. The lowest BCUT2D eigenvalue weighted by Crippen LogP contribution is -2.49. The van der Waals surface area contributed by atoms with Crippen molar-refractivity contribution in [1.29, 1.82) is 0 Å². The molecule has 6 heterocycles. The van der Waals surface area contributed by atoms with E-state index in [0.717, 1.165) is 48.8 Å². The number of rotatable bonds is 7. The number of piperidine rings is 2. The highest BCUT2D eigenvalue weighted by Crippen LogP contribution is 2.60. The number of halogens is 12. The van der Waals surface area contributed by atoms with E-state index in [1.165, 1.54) is 6.20 Å². The molecule has 2 saturated carbocycles. The van der Waals surface area contributed by atoms with Crippen LogP contribution >= 0.6 is 0 Å². The Bertz CT molecular complexity index is 2210. The van der Waals surface area contributed by atoms with Crippen molar-refractivity contribution in [3.63, 3.8) is 0 Å². The summed E-state index contributed by atoms with van der Waals surface area (Å²) in [5.41, 5.74) is 1.03. The quantitative estimate of drug-likeness (QED) is 0.141. The number of nitrogens with zero attached hydrogens (tertiary/aromatic N) is 7. The highest BCUT2D eigenvalue weighted by Gasteiger charge is 2.62. The summed E-state index contributed by atoms with van der Waals surface area (Å²) in [6.45, 7) is 1.85. The van der Waals surface area contributed by atoms with Crippen molar-refractivity contribution in [3.8, 4) is 11.6 Å². The van der Waals surface area contributed by atoms with Gasteiger partial charge in [0.15, 0.2) is 11.6 Å². The van der Waals surface area contributed by atoms with Gasteiger partial charge in [-0.1, -0.05) is 0 Å². The maximum absolute atomic E-state index is 12.6. The largest absolute Gasteiger partial charge is 0.434 e. The van der Waals surface area contributed by atoms with E-state index in [9.17, 15) is 67.1 Å². The number of likely N-dealkylation sites (tertiary alicyclic amines) is 1. The van der Waals surface area contributed by atoms with Gasteiger partial charge >= 0.3 is 30.8 Å². The third kappa shape index (κ3) is 12.3. The van der Waals surface area contributed by atoms with E-state index in [-0.39, 0.29) is 55.0 Å². The Morgan fingerprint density at radius 1 is 0.667 bits per heavy atom. The van der Waals surface area contributed by atoms with Crippen molar-refractivity contribution in [2.75, 3.05) is 36.8 Å². The smallest absolute Gasteiger partial charge is 0.426 e. The van der Waals surface area contributed by atoms with Crippen molar-refractivity contribution in [1.82, 2.24) is 39.7 Å². The van der Waals surface area contributed by atoms with Crippen LogP contribution in [0.2, 0.25) is 0 Å². The van der Waals surface area contributed by atoms with Crippen LogP contribution in [0.15, 0.2) is 73.6 Å². The molecule has 4 aromatic rings. The number of carbonyl (C=O) groups excluding carboxylic acids is 3. The number of anilines is 2. The number of aromatic nitrogens is 6. The minimum Gasteiger partial charge on any atom is -0.426 e. The van der Waals surface area contributed by atoms with Crippen molar-refractivity contribution >= 4 is 29.3 Å². The number of nitrogens with one attached hydrogen (secondary N) is 3. The van der Waals surface area contributed by atoms with Gasteiger partial charge in [-0.25, -0.2) is 24.1 Å². The minimum atomic E-state index is -5.77. The molecule has 2 atom stereocenters. The third-order valence-electron chi connectivity index (χ3n) is 11.6. The molecule has 4 fully saturated rings. The molecule has 2 saturated heterocycles. The first-order valence-electron chi connectivity index (χ1n) is 20.0. The number of hydrogen-bond acceptors (Lipinski definition) is 10. The lowest BCUT2D eigenvalue weighted by molar-refractivity contribution is -0.309. The number of amides is 3. The van der Waals surface area contributed by atoms with E-state index in [1.54, 1.807) is 52.4 Å². The molecule has 0 aromatic carbocycles. The topological polar surface area (TPSA) is 181 Å². The van der Waals surface area contributed by atoms with Crippen LogP contribution < -0.4 is 16.0 Å². The molecule has 2 spiro atoms. The zero-order valence-electron chi connectivity index (χ0n) is 34.1. The Labute approximate surface area is 365 Å². The van der Waals surface area contributed by atoms with Crippen LogP contribution in [0.1, 0.15) is 38.5 Å². The van der Waals surface area contributed by atoms with Gasteiger partial charge < -0.3 is 30.7 Å². The minimum absolute atomic E-state index is 0.106. The van der Waals surface area contributed by atoms with Crippen molar-refractivity contribution < 1.29 is 76.9 Å². The Balaban J connectivity index is 0.000000191. The number of hydrogen-bond donors (Lipinski definition) is 4. The molecule has 2 aliphatic carbocycles. The number of carbonyl (C=O) groups is 3.